The van der Waals surface area contributed by atoms with E-state index in [1.807, 2.05) is 0 Å². The minimum absolute atomic E-state index is 0.0312. The fourth-order valence-electron chi connectivity index (χ4n) is 7.35. The summed E-state index contributed by atoms with van der Waals surface area (Å²) in [5, 5.41) is 47.3. The van der Waals surface area contributed by atoms with Crippen LogP contribution in [0.25, 0.3) is 0 Å². The summed E-state index contributed by atoms with van der Waals surface area (Å²) in [5.41, 5.74) is 2.19. The Morgan fingerprint density at radius 3 is 1.40 bits per heavy atom. The number of hydrazine groups is 1. The van der Waals surface area contributed by atoms with Crippen molar-refractivity contribution < 1.29 is 58.8 Å². The zero-order chi connectivity index (χ0) is 44.5. The van der Waals surface area contributed by atoms with E-state index in [1.54, 1.807) is 0 Å². The minimum atomic E-state index is -1.39. The average Bonchev–Trinajstić information content (AvgIpc) is 3.20. The van der Waals surface area contributed by atoms with Crippen LogP contribution < -0.4 is 32.5 Å². The van der Waals surface area contributed by atoms with Gasteiger partial charge in [-0.25, -0.2) is 15.0 Å². The van der Waals surface area contributed by atoms with Crippen LogP contribution in [0.1, 0.15) is 173 Å². The Kier molecular flexibility index (Phi) is 29.9. The molecular weight excluding hydrogens is 780 g/mol. The van der Waals surface area contributed by atoms with Crippen molar-refractivity contribution in [3.05, 3.63) is 0 Å². The summed E-state index contributed by atoms with van der Waals surface area (Å²) in [5.74, 6) is -1.04. The third kappa shape index (κ3) is 27.4. The van der Waals surface area contributed by atoms with Crippen LogP contribution >= 0.6 is 0 Å². The van der Waals surface area contributed by atoms with Gasteiger partial charge in [-0.05, 0) is 76.5 Å². The van der Waals surface area contributed by atoms with Crippen LogP contribution in [0, 0.1) is 11.8 Å². The van der Waals surface area contributed by atoms with Gasteiger partial charge in [0.2, 0.25) is 23.6 Å². The van der Waals surface area contributed by atoms with E-state index in [0.717, 1.165) is 38.5 Å². The number of carbonyl (C=O) groups is 8. The fourth-order valence-corrected chi connectivity index (χ4v) is 7.35. The summed E-state index contributed by atoms with van der Waals surface area (Å²) in [6.45, 7) is 0.783. The van der Waals surface area contributed by atoms with E-state index in [1.165, 1.54) is 51.4 Å². The molecule has 3 atom stereocenters. The van der Waals surface area contributed by atoms with Crippen LogP contribution in [-0.4, -0.2) is 99.1 Å². The summed E-state index contributed by atoms with van der Waals surface area (Å²) in [6, 6.07) is -3.64. The smallest absolute Gasteiger partial charge is 0.326 e. The van der Waals surface area contributed by atoms with E-state index in [2.05, 4.69) is 26.7 Å². The highest BCUT2D eigenvalue weighted by Crippen LogP contribution is 2.29. The summed E-state index contributed by atoms with van der Waals surface area (Å²) in [7, 11) is 0. The predicted molar refractivity (Wildman–Crippen MR) is 223 cm³/mol. The molecule has 344 valence electrons. The molecule has 0 radical (unpaired) electrons. The molecule has 0 aromatic rings. The third-order valence-electron chi connectivity index (χ3n) is 11.2. The molecule has 1 rings (SSSR count). The van der Waals surface area contributed by atoms with E-state index in [4.69, 9.17) is 16.1 Å². The number of carbonyl (C=O) groups excluding carboxylic acids is 4. The van der Waals surface area contributed by atoms with Crippen molar-refractivity contribution in [2.24, 2.45) is 17.7 Å². The molecule has 11 N–H and O–H groups in total. The van der Waals surface area contributed by atoms with Crippen molar-refractivity contribution >= 4 is 47.5 Å². The molecule has 0 bridgehead atoms. The molecule has 0 saturated heterocycles. The van der Waals surface area contributed by atoms with Crippen molar-refractivity contribution in [1.29, 1.82) is 0 Å². The standard InChI is InChI=1S/C42H74N6O12/c43-48-34(42(59)60)17-15-16-28-44-36(50)26-24-32(40(55)56)46-37(51)27-25-33(41(57)58)47-39(54)31-22-20-30(21-23-31)29-45-35(49)18-13-11-9-7-5-3-1-2-4-6-8-10-12-14-19-38(52)53/h30-34,48H,1-29,43H2,(H,44,50)(H,45,49)(H,46,51)(H,47,54)(H,52,53)(H,55,56)(H,57,58)(H,59,60)/t30?,31?,32-,33-,34-/m0/s1. The molecule has 0 aromatic carbocycles. The molecule has 0 aliphatic heterocycles. The molecule has 1 aliphatic carbocycles. The van der Waals surface area contributed by atoms with E-state index < -0.39 is 65.6 Å². The molecule has 60 heavy (non-hydrogen) atoms. The zero-order valence-electron chi connectivity index (χ0n) is 35.5. The lowest BCUT2D eigenvalue weighted by molar-refractivity contribution is -0.144. The van der Waals surface area contributed by atoms with Gasteiger partial charge in [0.15, 0.2) is 0 Å². The third-order valence-corrected chi connectivity index (χ3v) is 11.2. The van der Waals surface area contributed by atoms with Crippen molar-refractivity contribution in [3.63, 3.8) is 0 Å². The number of hydrogen-bond acceptors (Lipinski definition) is 10. The van der Waals surface area contributed by atoms with Gasteiger partial charge in [0.25, 0.3) is 0 Å². The van der Waals surface area contributed by atoms with Gasteiger partial charge >= 0.3 is 23.9 Å². The van der Waals surface area contributed by atoms with Gasteiger partial charge < -0.3 is 41.7 Å². The number of carboxylic acids is 4. The van der Waals surface area contributed by atoms with Crippen LogP contribution in [0.2, 0.25) is 0 Å². The minimum Gasteiger partial charge on any atom is -0.481 e. The second kappa shape index (κ2) is 33.4. The molecule has 1 aliphatic rings. The maximum absolute atomic E-state index is 13.0. The van der Waals surface area contributed by atoms with Crippen molar-refractivity contribution in [3.8, 4) is 0 Å². The first kappa shape index (κ1) is 53.7. The molecule has 18 heteroatoms. The Morgan fingerprint density at radius 1 is 0.467 bits per heavy atom. The van der Waals surface area contributed by atoms with E-state index in [9.17, 15) is 48.6 Å². The number of aliphatic carboxylic acids is 4. The second-order valence-electron chi connectivity index (χ2n) is 16.2. The highest BCUT2D eigenvalue weighted by molar-refractivity contribution is 5.87. The Bertz CT molecular complexity index is 1310. The van der Waals surface area contributed by atoms with E-state index in [-0.39, 0.29) is 56.9 Å². The van der Waals surface area contributed by atoms with Crippen LogP contribution in [0.4, 0.5) is 0 Å². The van der Waals surface area contributed by atoms with E-state index >= 15 is 0 Å². The first-order valence-corrected chi connectivity index (χ1v) is 22.2. The zero-order valence-corrected chi connectivity index (χ0v) is 35.5. The van der Waals surface area contributed by atoms with Gasteiger partial charge in [0.1, 0.15) is 18.1 Å². The largest absolute Gasteiger partial charge is 0.481 e. The molecule has 1 fully saturated rings. The van der Waals surface area contributed by atoms with Crippen LogP contribution in [-0.2, 0) is 38.4 Å². The lowest BCUT2D eigenvalue weighted by Crippen LogP contribution is -2.46. The summed E-state index contributed by atoms with van der Waals surface area (Å²) >= 11 is 0. The SMILES string of the molecule is NN[C@@H](CCCCNC(=O)CC[C@H](NC(=O)CC[C@H](NC(=O)C1CCC(CNC(=O)CCCCCCCCCCCCCCCCC(=O)O)CC1)C(=O)O)C(=O)O)C(=O)O. The van der Waals surface area contributed by atoms with E-state index in [0.29, 0.717) is 51.5 Å². The van der Waals surface area contributed by atoms with Crippen LogP contribution in [0.5, 0.6) is 0 Å². The van der Waals surface area contributed by atoms with Gasteiger partial charge in [-0.2, -0.15) is 0 Å². The monoisotopic (exact) mass is 855 g/mol. The predicted octanol–water partition coefficient (Wildman–Crippen LogP) is 4.14. The Balaban J connectivity index is 2.20. The molecule has 0 aromatic heterocycles. The van der Waals surface area contributed by atoms with Crippen molar-refractivity contribution in [2.45, 2.75) is 191 Å². The van der Waals surface area contributed by atoms with Gasteiger partial charge in [-0.1, -0.05) is 77.0 Å². The first-order valence-electron chi connectivity index (χ1n) is 22.2. The summed E-state index contributed by atoms with van der Waals surface area (Å²) in [4.78, 5) is 95.2. The van der Waals surface area contributed by atoms with Crippen molar-refractivity contribution in [2.75, 3.05) is 13.1 Å². The average molecular weight is 855 g/mol. The maximum Gasteiger partial charge on any atom is 0.326 e. The van der Waals surface area contributed by atoms with Gasteiger partial charge in [0, 0.05) is 44.7 Å². The molecule has 0 spiro atoms. The number of carboxylic acid groups (broad SMARTS) is 4. The highest BCUT2D eigenvalue weighted by Gasteiger charge is 2.30. The van der Waals surface area contributed by atoms with Gasteiger partial charge in [-0.15, -0.1) is 0 Å². The maximum atomic E-state index is 13.0. The topological polar surface area (TPSA) is 304 Å². The number of unbranched alkanes of at least 4 members (excludes halogenated alkanes) is 14. The molecule has 0 heterocycles. The normalized spacial score (nSPS) is 16.5. The first-order chi connectivity index (χ1) is 28.7. The highest BCUT2D eigenvalue weighted by atomic mass is 16.4. The van der Waals surface area contributed by atoms with Gasteiger partial charge in [0.05, 0.1) is 0 Å². The lowest BCUT2D eigenvalue weighted by atomic mass is 9.81. The summed E-state index contributed by atoms with van der Waals surface area (Å²) < 4.78 is 0. The number of rotatable bonds is 37. The Hall–Kier alpha value is -4.32. The number of nitrogens with two attached hydrogens (primary N) is 1. The quantitative estimate of drug-likeness (QED) is 0.0239. The molecule has 0 unspecified atom stereocenters. The van der Waals surface area contributed by atoms with Crippen LogP contribution in [0.3, 0.4) is 0 Å². The Labute approximate surface area is 354 Å². The van der Waals surface area contributed by atoms with Gasteiger partial charge in [-0.3, -0.25) is 34.6 Å². The number of amides is 4. The number of nitrogens with one attached hydrogen (secondary N) is 5. The lowest BCUT2D eigenvalue weighted by Gasteiger charge is -2.28. The van der Waals surface area contributed by atoms with Crippen LogP contribution in [0.15, 0.2) is 0 Å². The number of hydrogen-bond donors (Lipinski definition) is 10. The summed E-state index contributed by atoms with van der Waals surface area (Å²) in [6.07, 6.45) is 19.2. The Morgan fingerprint density at radius 2 is 0.917 bits per heavy atom. The fraction of sp³-hybridized carbons (Fsp3) is 0.810. The molecular formula is C42H74N6O12. The molecule has 1 saturated carbocycles. The second-order valence-corrected chi connectivity index (χ2v) is 16.2. The molecule has 18 nitrogen and oxygen atoms in total. The molecule has 4 amide bonds. The van der Waals surface area contributed by atoms with Crippen molar-refractivity contribution in [1.82, 2.24) is 26.7 Å².